The molecule has 20 heavy (non-hydrogen) atoms. The molecule has 0 saturated heterocycles. The van der Waals surface area contributed by atoms with E-state index in [1.807, 2.05) is 29.9 Å². The van der Waals surface area contributed by atoms with E-state index in [0.717, 1.165) is 31.7 Å². The zero-order chi connectivity index (χ0) is 14.1. The van der Waals surface area contributed by atoms with Gasteiger partial charge in [-0.25, -0.2) is 4.98 Å². The lowest BCUT2D eigenvalue weighted by Gasteiger charge is -2.23. The molecule has 2 aromatic rings. The normalized spacial score (nSPS) is 15.1. The van der Waals surface area contributed by atoms with Crippen molar-refractivity contribution in [3.63, 3.8) is 0 Å². The van der Waals surface area contributed by atoms with E-state index in [-0.39, 0.29) is 5.91 Å². The Morgan fingerprint density at radius 1 is 1.55 bits per heavy atom. The van der Waals surface area contributed by atoms with Gasteiger partial charge in [0.15, 0.2) is 5.13 Å². The fourth-order valence-electron chi connectivity index (χ4n) is 2.43. The van der Waals surface area contributed by atoms with Crippen LogP contribution in [0.25, 0.3) is 0 Å². The Labute approximate surface area is 122 Å². The minimum Gasteiger partial charge on any atom is -0.347 e. The third kappa shape index (κ3) is 2.48. The molecule has 1 aliphatic rings. The summed E-state index contributed by atoms with van der Waals surface area (Å²) in [7, 11) is 1.86. The Kier molecular flexibility index (Phi) is 3.58. The second-order valence-corrected chi connectivity index (χ2v) is 6.05. The molecular formula is C14H18N4OS. The first-order valence-corrected chi connectivity index (χ1v) is 7.62. The van der Waals surface area contributed by atoms with Crippen LogP contribution in [0.1, 0.15) is 28.0 Å². The fraction of sp³-hybridized carbons (Fsp3) is 0.429. The van der Waals surface area contributed by atoms with E-state index in [1.54, 1.807) is 11.3 Å². The number of hydrogen-bond acceptors (Lipinski definition) is 4. The van der Waals surface area contributed by atoms with Crippen molar-refractivity contribution in [3.05, 3.63) is 34.6 Å². The minimum absolute atomic E-state index is 0.101. The van der Waals surface area contributed by atoms with Crippen LogP contribution in [0, 0.1) is 0 Å². The Balaban J connectivity index is 1.75. The summed E-state index contributed by atoms with van der Waals surface area (Å²) in [6.07, 6.45) is 2.83. The number of fused-ring (bicyclic) bond motifs is 1. The number of amides is 1. The van der Waals surface area contributed by atoms with Gasteiger partial charge in [0.1, 0.15) is 5.69 Å². The van der Waals surface area contributed by atoms with Crippen molar-refractivity contribution < 1.29 is 4.79 Å². The number of nitrogens with one attached hydrogen (secondary N) is 1. The zero-order valence-electron chi connectivity index (χ0n) is 11.7. The smallest absolute Gasteiger partial charge is 0.274 e. The second kappa shape index (κ2) is 5.38. The van der Waals surface area contributed by atoms with E-state index >= 15 is 0 Å². The summed E-state index contributed by atoms with van der Waals surface area (Å²) in [6, 6.07) is 3.67. The molecule has 0 unspecified atom stereocenters. The van der Waals surface area contributed by atoms with E-state index in [2.05, 4.69) is 22.1 Å². The molecule has 2 aromatic heterocycles. The summed E-state index contributed by atoms with van der Waals surface area (Å²) in [5.74, 6) is -0.101. The number of aromatic nitrogens is 2. The van der Waals surface area contributed by atoms with Gasteiger partial charge in [0, 0.05) is 37.6 Å². The van der Waals surface area contributed by atoms with Crippen LogP contribution in [0.3, 0.4) is 0 Å². The molecule has 0 radical (unpaired) electrons. The lowest BCUT2D eigenvalue weighted by molar-refractivity contribution is 0.101. The van der Waals surface area contributed by atoms with E-state index < -0.39 is 0 Å². The van der Waals surface area contributed by atoms with Gasteiger partial charge in [0.25, 0.3) is 5.91 Å². The summed E-state index contributed by atoms with van der Waals surface area (Å²) < 4.78 is 1.81. The third-order valence-electron chi connectivity index (χ3n) is 3.65. The molecule has 0 aliphatic carbocycles. The molecule has 0 atom stereocenters. The van der Waals surface area contributed by atoms with Crippen LogP contribution in [0.2, 0.25) is 0 Å². The highest BCUT2D eigenvalue weighted by atomic mass is 32.1. The number of anilines is 1. The first kappa shape index (κ1) is 13.3. The number of aryl methyl sites for hydroxylation is 1. The molecule has 1 amide bonds. The second-order valence-electron chi connectivity index (χ2n) is 4.97. The van der Waals surface area contributed by atoms with Gasteiger partial charge in [0.05, 0.1) is 5.69 Å². The topological polar surface area (TPSA) is 50.2 Å². The van der Waals surface area contributed by atoms with Crippen molar-refractivity contribution in [2.24, 2.45) is 7.05 Å². The van der Waals surface area contributed by atoms with E-state index in [4.69, 9.17) is 0 Å². The van der Waals surface area contributed by atoms with Gasteiger partial charge in [-0.05, 0) is 18.7 Å². The van der Waals surface area contributed by atoms with Crippen molar-refractivity contribution >= 4 is 22.4 Å². The Bertz CT molecular complexity index is 631. The Morgan fingerprint density at radius 2 is 2.40 bits per heavy atom. The van der Waals surface area contributed by atoms with Crippen LogP contribution >= 0.6 is 11.3 Å². The monoisotopic (exact) mass is 290 g/mol. The van der Waals surface area contributed by atoms with Crippen LogP contribution in [0.4, 0.5) is 5.13 Å². The predicted octanol–water partition coefficient (Wildman–Crippen LogP) is 2.11. The number of nitrogens with zero attached hydrogens (tertiary/aromatic N) is 3. The van der Waals surface area contributed by atoms with Crippen molar-refractivity contribution in [1.82, 2.24) is 14.5 Å². The Morgan fingerprint density at radius 3 is 3.10 bits per heavy atom. The van der Waals surface area contributed by atoms with Crippen LogP contribution in [0.15, 0.2) is 18.3 Å². The van der Waals surface area contributed by atoms with Crippen molar-refractivity contribution in [1.29, 1.82) is 0 Å². The summed E-state index contributed by atoms with van der Waals surface area (Å²) in [4.78, 5) is 20.4. The van der Waals surface area contributed by atoms with Crippen molar-refractivity contribution in [2.75, 3.05) is 18.4 Å². The molecule has 3 heterocycles. The molecule has 3 rings (SSSR count). The molecule has 1 aliphatic heterocycles. The summed E-state index contributed by atoms with van der Waals surface area (Å²) in [5.41, 5.74) is 1.79. The van der Waals surface area contributed by atoms with Crippen LogP contribution in [-0.4, -0.2) is 33.4 Å². The van der Waals surface area contributed by atoms with Gasteiger partial charge in [0.2, 0.25) is 0 Å². The average molecular weight is 290 g/mol. The predicted molar refractivity (Wildman–Crippen MR) is 80.1 cm³/mol. The summed E-state index contributed by atoms with van der Waals surface area (Å²) in [5, 5.41) is 3.61. The van der Waals surface area contributed by atoms with E-state index in [9.17, 15) is 4.79 Å². The van der Waals surface area contributed by atoms with Gasteiger partial charge < -0.3 is 4.57 Å². The third-order valence-corrected chi connectivity index (χ3v) is 4.65. The number of thiazole rings is 1. The number of carbonyl (C=O) groups is 1. The van der Waals surface area contributed by atoms with Gasteiger partial charge in [-0.15, -0.1) is 11.3 Å². The van der Waals surface area contributed by atoms with E-state index in [0.29, 0.717) is 10.8 Å². The summed E-state index contributed by atoms with van der Waals surface area (Å²) in [6.45, 7) is 5.23. The largest absolute Gasteiger partial charge is 0.347 e. The average Bonchev–Trinajstić information content (AvgIpc) is 3.03. The van der Waals surface area contributed by atoms with Gasteiger partial charge in [-0.2, -0.15) is 0 Å². The molecule has 106 valence electrons. The number of hydrogen-bond donors (Lipinski definition) is 1. The molecule has 1 N–H and O–H groups in total. The Hall–Kier alpha value is -1.66. The molecule has 0 spiro atoms. The lowest BCUT2D eigenvalue weighted by atomic mass is 10.2. The highest BCUT2D eigenvalue weighted by Crippen LogP contribution is 2.28. The molecule has 0 bridgehead atoms. The minimum atomic E-state index is -0.101. The molecule has 5 nitrogen and oxygen atoms in total. The van der Waals surface area contributed by atoms with Crippen LogP contribution in [0.5, 0.6) is 0 Å². The van der Waals surface area contributed by atoms with Crippen LogP contribution in [-0.2, 0) is 20.0 Å². The first-order chi connectivity index (χ1) is 9.67. The molecule has 0 fully saturated rings. The maximum Gasteiger partial charge on any atom is 0.274 e. The van der Waals surface area contributed by atoms with Gasteiger partial charge in [-0.1, -0.05) is 6.92 Å². The van der Waals surface area contributed by atoms with Gasteiger partial charge in [-0.3, -0.25) is 15.0 Å². The van der Waals surface area contributed by atoms with Crippen molar-refractivity contribution in [2.45, 2.75) is 19.9 Å². The molecule has 6 heteroatoms. The molecule has 0 aromatic carbocycles. The molecule has 0 saturated carbocycles. The maximum absolute atomic E-state index is 12.2. The van der Waals surface area contributed by atoms with E-state index in [1.165, 1.54) is 4.88 Å². The fourth-order valence-corrected chi connectivity index (χ4v) is 3.48. The summed E-state index contributed by atoms with van der Waals surface area (Å²) >= 11 is 1.59. The number of carbonyl (C=O) groups excluding carboxylic acids is 1. The van der Waals surface area contributed by atoms with Crippen molar-refractivity contribution in [3.8, 4) is 0 Å². The molecular weight excluding hydrogens is 272 g/mol. The zero-order valence-corrected chi connectivity index (χ0v) is 12.5. The highest BCUT2D eigenvalue weighted by molar-refractivity contribution is 7.15. The maximum atomic E-state index is 12.2. The SMILES string of the molecule is CCN1CCc2nc(NC(=O)c3cccn3C)sc2C1. The lowest BCUT2D eigenvalue weighted by Crippen LogP contribution is -2.29. The van der Waals surface area contributed by atoms with Crippen LogP contribution < -0.4 is 5.32 Å². The number of rotatable bonds is 3. The standard InChI is InChI=1S/C14H18N4OS/c1-3-18-8-6-10-12(9-18)20-14(15-10)16-13(19)11-5-4-7-17(11)2/h4-5,7H,3,6,8-9H2,1-2H3,(H,15,16,19). The number of likely N-dealkylation sites (N-methyl/N-ethyl adjacent to an activating group) is 1. The van der Waals surface area contributed by atoms with Gasteiger partial charge >= 0.3 is 0 Å². The highest BCUT2D eigenvalue weighted by Gasteiger charge is 2.20. The first-order valence-electron chi connectivity index (χ1n) is 6.81. The quantitative estimate of drug-likeness (QED) is 0.942.